The van der Waals surface area contributed by atoms with E-state index in [2.05, 4.69) is 5.10 Å². The van der Waals surface area contributed by atoms with Crippen molar-refractivity contribution in [3.63, 3.8) is 0 Å². The predicted octanol–water partition coefficient (Wildman–Crippen LogP) is 2.36. The number of hydrogen-bond donors (Lipinski definition) is 1. The lowest BCUT2D eigenvalue weighted by Crippen LogP contribution is -2.12. The molecule has 1 heterocycles. The van der Waals surface area contributed by atoms with Crippen LogP contribution in [0.15, 0.2) is 18.2 Å². The minimum absolute atomic E-state index is 0.0506. The summed E-state index contributed by atoms with van der Waals surface area (Å²) in [6, 6.07) is 4.41. The molecule has 0 fully saturated rings. The van der Waals surface area contributed by atoms with Gasteiger partial charge in [-0.05, 0) is 43.0 Å². The minimum Gasteiger partial charge on any atom is -0.378 e. The van der Waals surface area contributed by atoms with Crippen molar-refractivity contribution < 1.29 is 9.31 Å². The van der Waals surface area contributed by atoms with E-state index in [1.165, 1.54) is 16.8 Å². The fourth-order valence-corrected chi connectivity index (χ4v) is 2.84. The third-order valence-electron chi connectivity index (χ3n) is 3.72. The van der Waals surface area contributed by atoms with E-state index in [1.54, 1.807) is 13.0 Å². The molecule has 0 spiro atoms. The summed E-state index contributed by atoms with van der Waals surface area (Å²) < 4.78 is 14.7. The van der Waals surface area contributed by atoms with Crippen LogP contribution in [0.1, 0.15) is 29.3 Å². The number of nitrogens with two attached hydrogens (primary N) is 1. The normalized spacial score (nSPS) is 17.2. The number of fused-ring (bicyclic) bond motifs is 1. The average Bonchev–Trinajstić information content (AvgIpc) is 2.89. The topological polar surface area (TPSA) is 87.0 Å². The largest absolute Gasteiger partial charge is 0.378 e. The molecule has 1 unspecified atom stereocenters. The van der Waals surface area contributed by atoms with Crippen molar-refractivity contribution in [2.24, 2.45) is 0 Å². The van der Waals surface area contributed by atoms with Crippen molar-refractivity contribution >= 4 is 11.5 Å². The molecule has 7 heteroatoms. The fraction of sp³-hybridized carbons (Fsp3) is 0.308. The zero-order valence-electron chi connectivity index (χ0n) is 10.8. The first-order valence-corrected chi connectivity index (χ1v) is 6.26. The molecular formula is C13H13FN4O2. The SMILES string of the molecule is Cc1nn(C2CCc3cc(F)ccc32)c(N)c1[N+](=O)[O-]. The molecule has 20 heavy (non-hydrogen) atoms. The van der Waals surface area contributed by atoms with Crippen LogP contribution in [0.2, 0.25) is 0 Å². The van der Waals surface area contributed by atoms with Crippen LogP contribution in [0.4, 0.5) is 15.9 Å². The van der Waals surface area contributed by atoms with E-state index < -0.39 is 4.92 Å². The summed E-state index contributed by atoms with van der Waals surface area (Å²) in [7, 11) is 0. The van der Waals surface area contributed by atoms with Crippen molar-refractivity contribution in [1.29, 1.82) is 0 Å². The number of halogens is 1. The van der Waals surface area contributed by atoms with Gasteiger partial charge in [-0.2, -0.15) is 5.10 Å². The standard InChI is InChI=1S/C13H13FN4O2/c1-7-12(18(19)20)13(15)17(16-7)11-5-2-8-6-9(14)3-4-10(8)11/h3-4,6,11H,2,5,15H2,1H3. The Morgan fingerprint density at radius 2 is 2.30 bits per heavy atom. The summed E-state index contributed by atoms with van der Waals surface area (Å²) in [5.41, 5.74) is 7.83. The first kappa shape index (κ1) is 12.6. The maximum atomic E-state index is 13.2. The van der Waals surface area contributed by atoms with Gasteiger partial charge in [0.1, 0.15) is 11.5 Å². The highest BCUT2D eigenvalue weighted by Crippen LogP contribution is 2.38. The Morgan fingerprint density at radius 1 is 1.55 bits per heavy atom. The molecular weight excluding hydrogens is 263 g/mol. The highest BCUT2D eigenvalue weighted by atomic mass is 19.1. The molecule has 2 aromatic rings. The Morgan fingerprint density at radius 3 is 2.95 bits per heavy atom. The van der Waals surface area contributed by atoms with E-state index in [9.17, 15) is 14.5 Å². The van der Waals surface area contributed by atoms with Crippen LogP contribution < -0.4 is 5.73 Å². The maximum absolute atomic E-state index is 13.2. The van der Waals surface area contributed by atoms with Crippen LogP contribution >= 0.6 is 0 Å². The quantitative estimate of drug-likeness (QED) is 0.673. The first-order valence-electron chi connectivity index (χ1n) is 6.26. The molecule has 104 valence electrons. The minimum atomic E-state index is -0.519. The van der Waals surface area contributed by atoms with Crippen LogP contribution in [0.3, 0.4) is 0 Å². The van der Waals surface area contributed by atoms with E-state index in [0.717, 1.165) is 11.1 Å². The van der Waals surface area contributed by atoms with Crippen molar-refractivity contribution in [1.82, 2.24) is 9.78 Å². The van der Waals surface area contributed by atoms with E-state index in [4.69, 9.17) is 5.73 Å². The smallest absolute Gasteiger partial charge is 0.333 e. The van der Waals surface area contributed by atoms with E-state index >= 15 is 0 Å². The second kappa shape index (κ2) is 4.29. The van der Waals surface area contributed by atoms with Gasteiger partial charge >= 0.3 is 5.69 Å². The van der Waals surface area contributed by atoms with Crippen molar-refractivity contribution in [2.75, 3.05) is 5.73 Å². The number of aromatic nitrogens is 2. The van der Waals surface area contributed by atoms with Crippen LogP contribution in [-0.4, -0.2) is 14.7 Å². The van der Waals surface area contributed by atoms with Gasteiger partial charge in [0.25, 0.3) is 0 Å². The van der Waals surface area contributed by atoms with E-state index in [-0.39, 0.29) is 23.4 Å². The number of hydrogen-bond acceptors (Lipinski definition) is 4. The van der Waals surface area contributed by atoms with Gasteiger partial charge in [-0.1, -0.05) is 6.07 Å². The third kappa shape index (κ3) is 1.74. The van der Waals surface area contributed by atoms with Crippen LogP contribution in [0, 0.1) is 22.9 Å². The van der Waals surface area contributed by atoms with Gasteiger partial charge in [0.15, 0.2) is 0 Å². The molecule has 0 aliphatic heterocycles. The fourth-order valence-electron chi connectivity index (χ4n) is 2.84. The highest BCUT2D eigenvalue weighted by molar-refractivity contribution is 5.57. The second-order valence-corrected chi connectivity index (χ2v) is 4.92. The number of nitrogens with zero attached hydrogens (tertiary/aromatic N) is 3. The molecule has 3 rings (SSSR count). The van der Waals surface area contributed by atoms with Gasteiger partial charge in [0.2, 0.25) is 5.82 Å². The number of aryl methyl sites for hydroxylation is 2. The number of anilines is 1. The molecule has 0 radical (unpaired) electrons. The number of nitro groups is 1. The van der Waals surface area contributed by atoms with Crippen LogP contribution in [0.25, 0.3) is 0 Å². The highest BCUT2D eigenvalue weighted by Gasteiger charge is 2.31. The lowest BCUT2D eigenvalue weighted by atomic mass is 10.1. The van der Waals surface area contributed by atoms with Gasteiger partial charge in [-0.25, -0.2) is 9.07 Å². The summed E-state index contributed by atoms with van der Waals surface area (Å²) >= 11 is 0. The summed E-state index contributed by atoms with van der Waals surface area (Å²) in [6.45, 7) is 1.56. The van der Waals surface area contributed by atoms with Gasteiger partial charge in [0, 0.05) is 0 Å². The van der Waals surface area contributed by atoms with Crippen LogP contribution in [-0.2, 0) is 6.42 Å². The molecule has 0 saturated carbocycles. The Bertz CT molecular complexity index is 711. The van der Waals surface area contributed by atoms with Crippen molar-refractivity contribution in [3.8, 4) is 0 Å². The molecule has 1 atom stereocenters. The monoisotopic (exact) mass is 276 g/mol. The lowest BCUT2D eigenvalue weighted by molar-refractivity contribution is -0.384. The molecule has 1 aliphatic rings. The van der Waals surface area contributed by atoms with E-state index in [1.807, 2.05) is 0 Å². The Labute approximate surface area is 114 Å². The zero-order valence-corrected chi connectivity index (χ0v) is 10.8. The molecule has 6 nitrogen and oxygen atoms in total. The predicted molar refractivity (Wildman–Crippen MR) is 70.9 cm³/mol. The molecule has 0 bridgehead atoms. The Kier molecular flexibility index (Phi) is 2.70. The van der Waals surface area contributed by atoms with Crippen molar-refractivity contribution in [3.05, 3.63) is 51.0 Å². The molecule has 1 aliphatic carbocycles. The molecule has 0 amide bonds. The second-order valence-electron chi connectivity index (χ2n) is 4.92. The zero-order chi connectivity index (χ0) is 14.4. The van der Waals surface area contributed by atoms with Crippen LogP contribution in [0.5, 0.6) is 0 Å². The summed E-state index contributed by atoms with van der Waals surface area (Å²) in [5.74, 6) is -0.227. The molecule has 1 aromatic carbocycles. The van der Waals surface area contributed by atoms with Gasteiger partial charge in [-0.15, -0.1) is 0 Å². The summed E-state index contributed by atoms with van der Waals surface area (Å²) in [6.07, 6.45) is 1.42. The summed E-state index contributed by atoms with van der Waals surface area (Å²) in [5, 5.41) is 15.2. The van der Waals surface area contributed by atoms with Gasteiger partial charge in [0.05, 0.1) is 11.0 Å². The third-order valence-corrected chi connectivity index (χ3v) is 3.72. The molecule has 0 saturated heterocycles. The van der Waals surface area contributed by atoms with E-state index in [0.29, 0.717) is 18.5 Å². The number of nitrogen functional groups attached to an aromatic ring is 1. The maximum Gasteiger partial charge on any atom is 0.333 e. The number of benzene rings is 1. The Hall–Kier alpha value is -2.44. The summed E-state index contributed by atoms with van der Waals surface area (Å²) in [4.78, 5) is 10.5. The van der Waals surface area contributed by atoms with Crippen molar-refractivity contribution in [2.45, 2.75) is 25.8 Å². The molecule has 1 aromatic heterocycles. The van der Waals surface area contributed by atoms with Gasteiger partial charge in [-0.3, -0.25) is 10.1 Å². The Balaban J connectivity index is 2.09. The number of rotatable bonds is 2. The average molecular weight is 276 g/mol. The molecule has 2 N–H and O–H groups in total. The lowest BCUT2D eigenvalue weighted by Gasteiger charge is -2.13. The first-order chi connectivity index (χ1) is 9.49. The van der Waals surface area contributed by atoms with Gasteiger partial charge < -0.3 is 5.73 Å².